The van der Waals surface area contributed by atoms with Crippen molar-refractivity contribution in [2.75, 3.05) is 4.90 Å². The zero-order valence-corrected chi connectivity index (χ0v) is 19.5. The van der Waals surface area contributed by atoms with Gasteiger partial charge in [0, 0.05) is 46.3 Å². The number of rotatable bonds is 4. The predicted octanol–water partition coefficient (Wildman–Crippen LogP) is 9.27. The average molecular weight is 463 g/mol. The van der Waals surface area contributed by atoms with Gasteiger partial charge in [-0.05, 0) is 64.4 Å². The van der Waals surface area contributed by atoms with E-state index < -0.39 is 0 Å². The molecule has 0 atom stereocenters. The molecule has 0 fully saturated rings. The Morgan fingerprint density at radius 1 is 0.500 bits per heavy atom. The molecule has 3 heteroatoms. The summed E-state index contributed by atoms with van der Waals surface area (Å²) in [6.07, 6.45) is 3.63. The molecule has 36 heavy (non-hydrogen) atoms. The van der Waals surface area contributed by atoms with Crippen LogP contribution in [0.1, 0.15) is 0 Å². The van der Waals surface area contributed by atoms with E-state index in [1.54, 1.807) is 6.20 Å². The molecule has 3 nitrogen and oxygen atoms in total. The van der Waals surface area contributed by atoms with Gasteiger partial charge in [0.15, 0.2) is 0 Å². The van der Waals surface area contributed by atoms with Gasteiger partial charge in [0.05, 0.1) is 0 Å². The molecule has 0 saturated heterocycles. The number of hydrogen-bond donors (Lipinski definition) is 0. The number of pyridine rings is 1. The smallest absolute Gasteiger partial charge is 0.138 e. The summed E-state index contributed by atoms with van der Waals surface area (Å²) in [4.78, 5) is 6.56. The summed E-state index contributed by atoms with van der Waals surface area (Å²) in [7, 11) is 0. The van der Waals surface area contributed by atoms with E-state index in [2.05, 4.69) is 119 Å². The molecule has 2 aromatic heterocycles. The molecule has 0 aliphatic rings. The standard InChI is InChI=1S/C33H22N2O/c1-2-6-23(7-3-1)25-10-13-27(14-11-25)35(28-15-12-24-8-4-5-9-26(24)20-28)29-16-17-30-31-22-34-19-18-32(31)36-33(30)21-29/h1-22H. The minimum atomic E-state index is 0.849. The monoisotopic (exact) mass is 462 g/mol. The van der Waals surface area contributed by atoms with Crippen LogP contribution in [0.4, 0.5) is 17.1 Å². The van der Waals surface area contributed by atoms with E-state index in [0.29, 0.717) is 0 Å². The highest BCUT2D eigenvalue weighted by atomic mass is 16.3. The van der Waals surface area contributed by atoms with Crippen LogP contribution in [0.3, 0.4) is 0 Å². The zero-order chi connectivity index (χ0) is 23.9. The summed E-state index contributed by atoms with van der Waals surface area (Å²) in [6, 6.07) is 42.6. The molecule has 0 radical (unpaired) electrons. The lowest BCUT2D eigenvalue weighted by molar-refractivity contribution is 0.668. The van der Waals surface area contributed by atoms with Crippen LogP contribution in [0.15, 0.2) is 138 Å². The number of aromatic nitrogens is 1. The number of nitrogens with zero attached hydrogens (tertiary/aromatic N) is 2. The van der Waals surface area contributed by atoms with Crippen LogP contribution in [0.5, 0.6) is 0 Å². The van der Waals surface area contributed by atoms with Crippen LogP contribution in [0.2, 0.25) is 0 Å². The van der Waals surface area contributed by atoms with Crippen molar-refractivity contribution in [3.05, 3.63) is 134 Å². The lowest BCUT2D eigenvalue weighted by Gasteiger charge is -2.26. The molecule has 0 spiro atoms. The first-order chi connectivity index (χ1) is 17.8. The largest absolute Gasteiger partial charge is 0.456 e. The highest BCUT2D eigenvalue weighted by Crippen LogP contribution is 2.39. The molecule has 0 aliphatic carbocycles. The Bertz CT molecular complexity index is 1840. The van der Waals surface area contributed by atoms with E-state index in [0.717, 1.165) is 39.0 Å². The number of fused-ring (bicyclic) bond motifs is 4. The Labute approximate surface area is 208 Å². The van der Waals surface area contributed by atoms with Gasteiger partial charge in [0.1, 0.15) is 11.2 Å². The second-order valence-electron chi connectivity index (χ2n) is 8.93. The fraction of sp³-hybridized carbons (Fsp3) is 0. The van der Waals surface area contributed by atoms with E-state index in [9.17, 15) is 0 Å². The van der Waals surface area contributed by atoms with E-state index >= 15 is 0 Å². The SMILES string of the molecule is c1ccc(-c2ccc(N(c3ccc4ccccc4c3)c3ccc4c(c3)oc3ccncc34)cc2)cc1. The van der Waals surface area contributed by atoms with Crippen molar-refractivity contribution < 1.29 is 4.42 Å². The maximum absolute atomic E-state index is 6.20. The van der Waals surface area contributed by atoms with Crippen molar-refractivity contribution >= 4 is 49.8 Å². The zero-order valence-electron chi connectivity index (χ0n) is 19.5. The van der Waals surface area contributed by atoms with Gasteiger partial charge in [-0.1, -0.05) is 72.8 Å². The summed E-state index contributed by atoms with van der Waals surface area (Å²) in [5.74, 6) is 0. The molecule has 0 N–H and O–H groups in total. The van der Waals surface area contributed by atoms with Gasteiger partial charge in [-0.25, -0.2) is 0 Å². The van der Waals surface area contributed by atoms with Gasteiger partial charge in [0.2, 0.25) is 0 Å². The van der Waals surface area contributed by atoms with E-state index in [1.165, 1.54) is 21.9 Å². The first-order valence-electron chi connectivity index (χ1n) is 12.0. The third-order valence-corrected chi connectivity index (χ3v) is 6.74. The molecule has 5 aromatic carbocycles. The maximum Gasteiger partial charge on any atom is 0.138 e. The number of furan rings is 1. The lowest BCUT2D eigenvalue weighted by Crippen LogP contribution is -2.09. The second-order valence-corrected chi connectivity index (χ2v) is 8.93. The molecular weight excluding hydrogens is 440 g/mol. The average Bonchev–Trinajstić information content (AvgIpc) is 3.32. The van der Waals surface area contributed by atoms with E-state index in [1.807, 2.05) is 18.3 Å². The fourth-order valence-electron chi connectivity index (χ4n) is 4.95. The predicted molar refractivity (Wildman–Crippen MR) is 149 cm³/mol. The molecule has 0 unspecified atom stereocenters. The van der Waals surface area contributed by atoms with Gasteiger partial charge >= 0.3 is 0 Å². The Kier molecular flexibility index (Phi) is 4.78. The van der Waals surface area contributed by atoms with Gasteiger partial charge in [-0.15, -0.1) is 0 Å². The molecule has 0 bridgehead atoms. The van der Waals surface area contributed by atoms with Crippen molar-refractivity contribution in [2.45, 2.75) is 0 Å². The van der Waals surface area contributed by atoms with Gasteiger partial charge in [-0.3, -0.25) is 4.98 Å². The first kappa shape index (κ1) is 20.5. The summed E-state index contributed by atoms with van der Waals surface area (Å²) in [5.41, 5.74) is 7.32. The van der Waals surface area contributed by atoms with Crippen molar-refractivity contribution in [3.63, 3.8) is 0 Å². The van der Waals surface area contributed by atoms with Gasteiger partial charge in [-0.2, -0.15) is 0 Å². The highest BCUT2D eigenvalue weighted by Gasteiger charge is 2.16. The van der Waals surface area contributed by atoms with Crippen molar-refractivity contribution in [2.24, 2.45) is 0 Å². The number of anilines is 3. The third kappa shape index (κ3) is 3.50. The Hall–Kier alpha value is -4.89. The summed E-state index contributed by atoms with van der Waals surface area (Å²) >= 11 is 0. The Morgan fingerprint density at radius 3 is 2.06 bits per heavy atom. The van der Waals surface area contributed by atoms with Gasteiger partial charge in [0.25, 0.3) is 0 Å². The number of hydrogen-bond acceptors (Lipinski definition) is 3. The summed E-state index contributed by atoms with van der Waals surface area (Å²) in [5, 5.41) is 4.53. The molecule has 7 aromatic rings. The summed E-state index contributed by atoms with van der Waals surface area (Å²) < 4.78 is 6.20. The number of benzene rings is 5. The third-order valence-electron chi connectivity index (χ3n) is 6.74. The minimum Gasteiger partial charge on any atom is -0.456 e. The van der Waals surface area contributed by atoms with Crippen molar-refractivity contribution in [1.29, 1.82) is 0 Å². The van der Waals surface area contributed by atoms with Crippen LogP contribution in [-0.2, 0) is 0 Å². The first-order valence-corrected chi connectivity index (χ1v) is 12.0. The lowest BCUT2D eigenvalue weighted by atomic mass is 10.0. The molecule has 0 saturated carbocycles. The fourth-order valence-corrected chi connectivity index (χ4v) is 4.95. The van der Waals surface area contributed by atoms with Crippen LogP contribution < -0.4 is 4.90 Å². The van der Waals surface area contributed by atoms with Crippen LogP contribution in [-0.4, -0.2) is 4.98 Å². The quantitative estimate of drug-likeness (QED) is 0.261. The molecule has 0 aliphatic heterocycles. The Balaban J connectivity index is 1.39. The Morgan fingerprint density at radius 2 is 1.19 bits per heavy atom. The normalized spacial score (nSPS) is 11.3. The van der Waals surface area contributed by atoms with Crippen LogP contribution in [0, 0.1) is 0 Å². The second kappa shape index (κ2) is 8.40. The van der Waals surface area contributed by atoms with Crippen LogP contribution >= 0.6 is 0 Å². The van der Waals surface area contributed by atoms with Crippen molar-refractivity contribution in [1.82, 2.24) is 4.98 Å². The van der Waals surface area contributed by atoms with E-state index in [-0.39, 0.29) is 0 Å². The molecule has 170 valence electrons. The van der Waals surface area contributed by atoms with Crippen molar-refractivity contribution in [3.8, 4) is 11.1 Å². The van der Waals surface area contributed by atoms with E-state index in [4.69, 9.17) is 4.42 Å². The molecule has 7 rings (SSSR count). The minimum absolute atomic E-state index is 0.849. The molecule has 0 amide bonds. The van der Waals surface area contributed by atoms with Crippen LogP contribution in [0.25, 0.3) is 43.8 Å². The maximum atomic E-state index is 6.20. The molecule has 2 heterocycles. The highest BCUT2D eigenvalue weighted by molar-refractivity contribution is 6.05. The topological polar surface area (TPSA) is 29.3 Å². The summed E-state index contributed by atoms with van der Waals surface area (Å²) in [6.45, 7) is 0. The molecular formula is C33H22N2O. The van der Waals surface area contributed by atoms with Gasteiger partial charge < -0.3 is 9.32 Å².